The average molecular weight is 340 g/mol. The summed E-state index contributed by atoms with van der Waals surface area (Å²) in [6, 6.07) is 1.69. The van der Waals surface area contributed by atoms with Crippen LogP contribution < -0.4 is 4.90 Å². The van der Waals surface area contributed by atoms with Crippen molar-refractivity contribution >= 4 is 22.7 Å². The van der Waals surface area contributed by atoms with E-state index in [1.54, 1.807) is 30.9 Å². The summed E-state index contributed by atoms with van der Waals surface area (Å²) in [6.45, 7) is 1.24. The van der Waals surface area contributed by atoms with Gasteiger partial charge < -0.3 is 10.0 Å². The Balaban J connectivity index is 1.82. The zero-order valence-corrected chi connectivity index (χ0v) is 13.1. The summed E-state index contributed by atoms with van der Waals surface area (Å²) in [5.74, 6) is -1.38. The highest BCUT2D eigenvalue weighted by atomic mass is 19.4. The fourth-order valence-corrected chi connectivity index (χ4v) is 4.05. The zero-order valence-electron chi connectivity index (χ0n) is 13.1. The van der Waals surface area contributed by atoms with Crippen molar-refractivity contribution in [2.24, 2.45) is 17.9 Å². The van der Waals surface area contributed by atoms with Crippen LogP contribution in [0.3, 0.4) is 0 Å². The van der Waals surface area contributed by atoms with Crippen molar-refractivity contribution in [3.05, 3.63) is 18.0 Å². The third-order valence-electron chi connectivity index (χ3n) is 5.42. The Kier molecular flexibility index (Phi) is 2.66. The molecule has 2 unspecified atom stereocenters. The topological polar surface area (TPSA) is 71.2 Å². The van der Waals surface area contributed by atoms with Crippen LogP contribution in [0.5, 0.6) is 0 Å². The Bertz CT molecular complexity index is 877. The summed E-state index contributed by atoms with van der Waals surface area (Å²) < 4.78 is 42.2. The van der Waals surface area contributed by atoms with Crippen LogP contribution in [0, 0.1) is 17.8 Å². The molecule has 0 bridgehead atoms. The Morgan fingerprint density at radius 2 is 2.08 bits per heavy atom. The van der Waals surface area contributed by atoms with Gasteiger partial charge in [-0.05, 0) is 19.4 Å². The van der Waals surface area contributed by atoms with Gasteiger partial charge in [0.05, 0.1) is 17.3 Å². The number of anilines is 1. The lowest BCUT2D eigenvalue weighted by Gasteiger charge is -2.25. The average Bonchev–Trinajstić information content (AvgIpc) is 2.81. The maximum Gasteiger partial charge on any atom is 0.397 e. The minimum Gasteiger partial charge on any atom is -0.481 e. The number of pyridine rings is 1. The van der Waals surface area contributed by atoms with Gasteiger partial charge in [-0.3, -0.25) is 9.48 Å². The standard InChI is InChI=1S/C15H15F3N4O2/c1-8-3-10(9-4-19-21(2)11(9)20-8)22-6-13(12(23)24)5-14(13,7-22)15(16,17)18/h3-4H,5-7H2,1-2H3,(H,23,24). The Morgan fingerprint density at radius 3 is 2.67 bits per heavy atom. The number of carboxylic acids is 1. The maximum atomic E-state index is 13.6. The van der Waals surface area contributed by atoms with Gasteiger partial charge in [0, 0.05) is 25.8 Å². The Morgan fingerprint density at radius 1 is 1.38 bits per heavy atom. The molecule has 128 valence electrons. The fourth-order valence-electron chi connectivity index (χ4n) is 4.05. The van der Waals surface area contributed by atoms with E-state index in [2.05, 4.69) is 10.1 Å². The quantitative estimate of drug-likeness (QED) is 0.907. The smallest absolute Gasteiger partial charge is 0.397 e. The molecule has 2 aromatic rings. The number of rotatable bonds is 2. The Hall–Kier alpha value is -2.32. The molecule has 1 aliphatic carbocycles. The van der Waals surface area contributed by atoms with Crippen molar-refractivity contribution in [1.29, 1.82) is 0 Å². The highest BCUT2D eigenvalue weighted by molar-refractivity contribution is 5.92. The van der Waals surface area contributed by atoms with E-state index in [1.165, 1.54) is 4.90 Å². The predicted octanol–water partition coefficient (Wildman–Crippen LogP) is 2.12. The molecule has 6 nitrogen and oxygen atoms in total. The molecule has 9 heteroatoms. The lowest BCUT2D eigenvalue weighted by atomic mass is 9.96. The molecule has 2 atom stereocenters. The van der Waals surface area contributed by atoms with Crippen LogP contribution in [0.4, 0.5) is 18.9 Å². The summed E-state index contributed by atoms with van der Waals surface area (Å²) >= 11 is 0. The number of aryl methyl sites for hydroxylation is 2. The molecule has 1 saturated carbocycles. The number of hydrogen-bond donors (Lipinski definition) is 1. The van der Waals surface area contributed by atoms with Gasteiger partial charge in [0.2, 0.25) is 0 Å². The summed E-state index contributed by atoms with van der Waals surface area (Å²) in [5, 5.41) is 14.2. The number of halogens is 3. The van der Waals surface area contributed by atoms with Gasteiger partial charge in [0.15, 0.2) is 5.65 Å². The third-order valence-corrected chi connectivity index (χ3v) is 5.42. The minimum absolute atomic E-state index is 0.157. The van der Waals surface area contributed by atoms with Crippen molar-refractivity contribution in [1.82, 2.24) is 14.8 Å². The van der Waals surface area contributed by atoms with Crippen LogP contribution >= 0.6 is 0 Å². The number of carbonyl (C=O) groups is 1. The van der Waals surface area contributed by atoms with E-state index < -0.39 is 23.0 Å². The predicted molar refractivity (Wildman–Crippen MR) is 78.6 cm³/mol. The van der Waals surface area contributed by atoms with Crippen LogP contribution in [0.1, 0.15) is 12.1 Å². The highest BCUT2D eigenvalue weighted by Gasteiger charge is 2.86. The first-order valence-corrected chi connectivity index (χ1v) is 7.46. The number of fused-ring (bicyclic) bond motifs is 2. The van der Waals surface area contributed by atoms with Crippen molar-refractivity contribution < 1.29 is 23.1 Å². The number of aliphatic carboxylic acids is 1. The molecule has 2 aliphatic rings. The molecule has 1 saturated heterocycles. The SMILES string of the molecule is Cc1cc(N2CC3(C(=O)O)CC3(C(F)(F)F)C2)c2cnn(C)c2n1. The van der Waals surface area contributed by atoms with Crippen LogP contribution in [-0.2, 0) is 11.8 Å². The summed E-state index contributed by atoms with van der Waals surface area (Å²) in [6.07, 6.45) is -3.35. The van der Waals surface area contributed by atoms with Crippen molar-refractivity contribution in [2.75, 3.05) is 18.0 Å². The fraction of sp³-hybridized carbons (Fsp3) is 0.533. The molecule has 3 heterocycles. The molecule has 24 heavy (non-hydrogen) atoms. The molecule has 0 amide bonds. The molecule has 0 spiro atoms. The number of carboxylic acid groups (broad SMARTS) is 1. The number of hydrogen-bond acceptors (Lipinski definition) is 4. The summed E-state index contributed by atoms with van der Waals surface area (Å²) in [7, 11) is 1.70. The first-order chi connectivity index (χ1) is 11.1. The first-order valence-electron chi connectivity index (χ1n) is 7.46. The van der Waals surface area contributed by atoms with E-state index in [1.807, 2.05) is 0 Å². The van der Waals surface area contributed by atoms with Crippen LogP contribution in [0.2, 0.25) is 0 Å². The van der Waals surface area contributed by atoms with Crippen molar-refractivity contribution in [2.45, 2.75) is 19.5 Å². The molecular weight excluding hydrogens is 325 g/mol. The minimum atomic E-state index is -4.55. The molecule has 1 N–H and O–H groups in total. The molecule has 2 fully saturated rings. The Labute approximate surface area is 134 Å². The van der Waals surface area contributed by atoms with E-state index in [-0.39, 0.29) is 19.5 Å². The van der Waals surface area contributed by atoms with Gasteiger partial charge in [-0.1, -0.05) is 0 Å². The van der Waals surface area contributed by atoms with Gasteiger partial charge in [0.1, 0.15) is 10.8 Å². The lowest BCUT2D eigenvalue weighted by Crippen LogP contribution is -2.34. The zero-order chi connectivity index (χ0) is 17.5. The van der Waals surface area contributed by atoms with Gasteiger partial charge in [-0.15, -0.1) is 0 Å². The van der Waals surface area contributed by atoms with Crippen molar-refractivity contribution in [3.63, 3.8) is 0 Å². The van der Waals surface area contributed by atoms with Gasteiger partial charge in [-0.25, -0.2) is 4.98 Å². The van der Waals surface area contributed by atoms with E-state index in [9.17, 15) is 23.1 Å². The van der Waals surface area contributed by atoms with Crippen LogP contribution in [-0.4, -0.2) is 45.1 Å². The van der Waals surface area contributed by atoms with E-state index >= 15 is 0 Å². The molecular formula is C15H15F3N4O2. The van der Waals surface area contributed by atoms with Crippen LogP contribution in [0.15, 0.2) is 12.3 Å². The maximum absolute atomic E-state index is 13.6. The third kappa shape index (κ3) is 1.64. The van der Waals surface area contributed by atoms with Crippen LogP contribution in [0.25, 0.3) is 11.0 Å². The highest BCUT2D eigenvalue weighted by Crippen LogP contribution is 2.75. The van der Waals surface area contributed by atoms with E-state index in [4.69, 9.17) is 0 Å². The lowest BCUT2D eigenvalue weighted by molar-refractivity contribution is -0.194. The summed E-state index contributed by atoms with van der Waals surface area (Å²) in [4.78, 5) is 17.4. The summed E-state index contributed by atoms with van der Waals surface area (Å²) in [5.41, 5.74) is -2.15. The number of nitrogens with zero attached hydrogens (tertiary/aromatic N) is 4. The second kappa shape index (κ2) is 4.20. The molecule has 1 aliphatic heterocycles. The largest absolute Gasteiger partial charge is 0.481 e. The normalized spacial score (nSPS) is 29.1. The van der Waals surface area contributed by atoms with Gasteiger partial charge >= 0.3 is 12.1 Å². The first kappa shape index (κ1) is 15.2. The number of piperidine rings is 1. The molecule has 2 aromatic heterocycles. The molecule has 4 rings (SSSR count). The second-order valence-corrected chi connectivity index (χ2v) is 6.79. The second-order valence-electron chi connectivity index (χ2n) is 6.79. The number of alkyl halides is 3. The van der Waals surface area contributed by atoms with Gasteiger partial charge in [0.25, 0.3) is 0 Å². The van der Waals surface area contributed by atoms with E-state index in [0.717, 1.165) is 0 Å². The molecule has 0 aromatic carbocycles. The van der Waals surface area contributed by atoms with Crippen molar-refractivity contribution in [3.8, 4) is 0 Å². The molecule has 0 radical (unpaired) electrons. The van der Waals surface area contributed by atoms with E-state index in [0.29, 0.717) is 22.4 Å². The number of aromatic nitrogens is 3. The monoisotopic (exact) mass is 340 g/mol. The van der Waals surface area contributed by atoms with Gasteiger partial charge in [-0.2, -0.15) is 18.3 Å².